The molecule has 9 rings (SSSR count). The predicted molar refractivity (Wildman–Crippen MR) is 239 cm³/mol. The number of rotatable bonds is 7. The van der Waals surface area contributed by atoms with Crippen molar-refractivity contribution >= 4 is 46.4 Å². The van der Waals surface area contributed by atoms with E-state index >= 15 is 0 Å². The molecule has 0 amide bonds. The van der Waals surface area contributed by atoms with Gasteiger partial charge in [0.1, 0.15) is 18.3 Å². The van der Waals surface area contributed by atoms with Crippen molar-refractivity contribution in [2.75, 3.05) is 6.61 Å². The van der Waals surface area contributed by atoms with Crippen molar-refractivity contribution in [2.45, 2.75) is 43.0 Å². The number of carbonyl (C=O) groups excluding carboxylic acids is 5. The smallest absolute Gasteiger partial charge is 0.344 e. The first-order valence-electron chi connectivity index (χ1n) is 21.4. The van der Waals surface area contributed by atoms with E-state index in [-0.39, 0.29) is 0 Å². The Balaban J connectivity index is 1.23. The third kappa shape index (κ3) is 8.22. The number of hydrogen-bond donors (Lipinski definition) is 16. The molecule has 6 atom stereocenters. The van der Waals surface area contributed by atoms with Gasteiger partial charge in [0.2, 0.25) is 35.0 Å². The number of Topliss-reactive ketones (excluding diaryl/α,β-unsaturated/α-hetero) is 1. The molecule has 2 bridgehead atoms. The molecule has 3 aliphatic rings. The fourth-order valence-electron chi connectivity index (χ4n) is 8.64. The van der Waals surface area contributed by atoms with Crippen LogP contribution >= 0.6 is 0 Å². The van der Waals surface area contributed by atoms with E-state index in [1.54, 1.807) is 0 Å². The van der Waals surface area contributed by atoms with Crippen LogP contribution in [0.1, 0.15) is 69.9 Å². The number of aliphatic hydroxyl groups excluding tert-OH is 1. The first-order chi connectivity index (χ1) is 36.2. The fraction of sp³-hybridized carbons (Fsp3) is 0.170. The topological polar surface area (TPSA) is 512 Å². The van der Waals surface area contributed by atoms with Gasteiger partial charge in [-0.1, -0.05) is 0 Å². The Kier molecular flexibility index (Phi) is 12.2. The highest BCUT2D eigenvalue weighted by Crippen LogP contribution is 2.56. The van der Waals surface area contributed by atoms with Crippen LogP contribution in [0.15, 0.2) is 45.6 Å². The summed E-state index contributed by atoms with van der Waals surface area (Å²) in [5.74, 6) is -34.1. The number of esters is 4. The molecule has 3 heterocycles. The van der Waals surface area contributed by atoms with Gasteiger partial charge in [0, 0.05) is 40.6 Å². The Hall–Kier alpha value is -10.8. The van der Waals surface area contributed by atoms with Crippen LogP contribution in [0.2, 0.25) is 0 Å². The number of carboxylic acids is 1. The molecule has 5 aromatic carbocycles. The van der Waals surface area contributed by atoms with Gasteiger partial charge in [-0.2, -0.15) is 0 Å². The molecule has 0 saturated carbocycles. The summed E-state index contributed by atoms with van der Waals surface area (Å²) < 4.78 is 38.3. The quantitative estimate of drug-likeness (QED) is 0.0615. The minimum Gasteiger partial charge on any atom is -0.504 e. The lowest BCUT2D eigenvalue weighted by molar-refractivity contribution is -0.288. The molecule has 16 N–H and O–H groups in total. The second-order valence-corrected chi connectivity index (χ2v) is 16.9. The van der Waals surface area contributed by atoms with Crippen LogP contribution in [0.3, 0.4) is 0 Å². The van der Waals surface area contributed by atoms with Gasteiger partial charge in [-0.3, -0.25) is 9.59 Å². The normalized spacial score (nSPS) is 19.8. The standard InChI is InChI=1S/C47H32O30/c48-15-1-9(2-16(49)27(15)54)42(66)77-47-36(63)40-39(75-45(69)12-5-20(53)38-26(12)25-11(44(68)74-38)4-18(51)29(56)33(25)60)22(73-47)8-71-43(67)10-3-17(50)28(55)32(59)23(10)24-13(46(70)76-40)7-21(31(58)34(24)61)72-37-14(41(64)65)6-19(52)30(57)35(37)62/h1-4,6-7,12,22,36,39-40,47-52,54-63H,5,8H2,(H,64,65). The number of aliphatic hydroxyl groups is 1. The number of phenolic OH excluding ortho intramolecular Hbond substituents is 14. The van der Waals surface area contributed by atoms with Crippen LogP contribution in [0, 0.1) is 0 Å². The molecule has 2 aliphatic heterocycles. The van der Waals surface area contributed by atoms with E-state index in [1.807, 2.05) is 0 Å². The average molecular weight is 1080 g/mol. The van der Waals surface area contributed by atoms with Gasteiger partial charge >= 0.3 is 35.5 Å². The summed E-state index contributed by atoms with van der Waals surface area (Å²) >= 11 is 0. The predicted octanol–water partition coefficient (Wildman–Crippen LogP) is 1.75. The molecular weight excluding hydrogens is 1040 g/mol. The zero-order chi connectivity index (χ0) is 56.1. The first-order valence-corrected chi connectivity index (χ1v) is 21.4. The van der Waals surface area contributed by atoms with Crippen molar-refractivity contribution in [1.29, 1.82) is 0 Å². The van der Waals surface area contributed by atoms with Gasteiger partial charge in [-0.05, 0) is 24.3 Å². The maximum absolute atomic E-state index is 14.9. The van der Waals surface area contributed by atoms with Crippen molar-refractivity contribution in [2.24, 2.45) is 0 Å². The van der Waals surface area contributed by atoms with E-state index in [0.717, 1.165) is 0 Å². The van der Waals surface area contributed by atoms with Gasteiger partial charge in [-0.25, -0.2) is 24.0 Å². The number of ketones is 1. The van der Waals surface area contributed by atoms with Crippen LogP contribution in [-0.4, -0.2) is 155 Å². The maximum atomic E-state index is 14.9. The summed E-state index contributed by atoms with van der Waals surface area (Å²) in [6, 6.07) is 2.78. The second kappa shape index (κ2) is 18.3. The monoisotopic (exact) mass is 1080 g/mol. The molecule has 1 saturated heterocycles. The molecule has 6 unspecified atom stereocenters. The largest absolute Gasteiger partial charge is 0.504 e. The number of phenols is 14. The first kappa shape index (κ1) is 51.2. The highest BCUT2D eigenvalue weighted by Gasteiger charge is 2.54. The Morgan fingerprint density at radius 3 is 1.83 bits per heavy atom. The Morgan fingerprint density at radius 1 is 0.610 bits per heavy atom. The van der Waals surface area contributed by atoms with E-state index < -0.39 is 238 Å². The molecule has 1 fully saturated rings. The minimum atomic E-state index is -2.70. The molecule has 1 aliphatic carbocycles. The van der Waals surface area contributed by atoms with Gasteiger partial charge in [0.15, 0.2) is 93.1 Å². The van der Waals surface area contributed by atoms with Gasteiger partial charge in [0.05, 0.1) is 28.0 Å². The summed E-state index contributed by atoms with van der Waals surface area (Å²) in [5.41, 5.74) is -8.81. The van der Waals surface area contributed by atoms with Crippen LogP contribution in [0.5, 0.6) is 92.0 Å². The van der Waals surface area contributed by atoms with Crippen molar-refractivity contribution in [3.05, 3.63) is 80.4 Å². The number of carbonyl (C=O) groups is 6. The molecule has 6 aromatic rings. The summed E-state index contributed by atoms with van der Waals surface area (Å²) in [6.07, 6.45) is -13.5. The molecule has 400 valence electrons. The lowest BCUT2D eigenvalue weighted by atomic mass is 9.91. The fourth-order valence-corrected chi connectivity index (χ4v) is 8.64. The van der Waals surface area contributed by atoms with Gasteiger partial charge < -0.3 is 115 Å². The zero-order valence-corrected chi connectivity index (χ0v) is 37.7. The maximum Gasteiger partial charge on any atom is 0.344 e. The number of benzene rings is 5. The summed E-state index contributed by atoms with van der Waals surface area (Å²) in [7, 11) is 0. The van der Waals surface area contributed by atoms with Crippen LogP contribution < -0.4 is 10.4 Å². The Morgan fingerprint density at radius 2 is 1.18 bits per heavy atom. The SMILES string of the molecule is O=C(OC1OC2COC(=O)c3cc(O)c(O)c(O)c3-c3c(cc(Oc4c(C(=O)O)cc(O)c(O)c4O)c(O)c3O)C(=O)OC(C1O)C2OC(=O)C1CC(=O)c2oc(=O)c3cc(O)c(O)c(O)c3c21)c1cc(O)c(O)c(O)c1. The molecule has 30 heteroatoms. The number of hydrogen-bond acceptors (Lipinski definition) is 29. The third-order valence-electron chi connectivity index (χ3n) is 12.3. The number of ether oxygens (including phenoxy) is 6. The van der Waals surface area contributed by atoms with E-state index in [2.05, 4.69) is 0 Å². The number of aromatic carboxylic acids is 1. The van der Waals surface area contributed by atoms with Crippen molar-refractivity contribution in [3.8, 4) is 103 Å². The molecule has 77 heavy (non-hydrogen) atoms. The number of fused-ring (bicyclic) bond motifs is 8. The van der Waals surface area contributed by atoms with Crippen molar-refractivity contribution < 1.29 is 143 Å². The summed E-state index contributed by atoms with van der Waals surface area (Å²) in [6.45, 7) is -1.33. The number of aromatic hydroxyl groups is 14. The van der Waals surface area contributed by atoms with E-state index in [1.165, 1.54) is 0 Å². The van der Waals surface area contributed by atoms with E-state index in [4.69, 9.17) is 32.8 Å². The van der Waals surface area contributed by atoms with E-state index in [9.17, 15) is 115 Å². The second-order valence-electron chi connectivity index (χ2n) is 16.9. The third-order valence-corrected chi connectivity index (χ3v) is 12.3. The molecule has 0 spiro atoms. The van der Waals surface area contributed by atoms with Gasteiger partial charge in [0.25, 0.3) is 0 Å². The van der Waals surface area contributed by atoms with Crippen LogP contribution in [0.4, 0.5) is 0 Å². The van der Waals surface area contributed by atoms with Gasteiger partial charge in [-0.15, -0.1) is 0 Å². The molecule has 30 nitrogen and oxygen atoms in total. The molecule has 1 aromatic heterocycles. The highest BCUT2D eigenvalue weighted by molar-refractivity contribution is 6.11. The zero-order valence-electron chi connectivity index (χ0n) is 37.7. The summed E-state index contributed by atoms with van der Waals surface area (Å²) in [4.78, 5) is 95.6. The van der Waals surface area contributed by atoms with E-state index in [0.29, 0.717) is 36.4 Å². The number of carboxylic acid groups (broad SMARTS) is 1. The van der Waals surface area contributed by atoms with Crippen molar-refractivity contribution in [3.63, 3.8) is 0 Å². The average Bonchev–Trinajstić information content (AvgIpc) is 3.71. The highest BCUT2D eigenvalue weighted by atomic mass is 16.7. The minimum absolute atomic E-state index is 0.317. The van der Waals surface area contributed by atoms with Crippen molar-refractivity contribution in [1.82, 2.24) is 0 Å². The van der Waals surface area contributed by atoms with Crippen LogP contribution in [0.25, 0.3) is 21.9 Å². The summed E-state index contributed by atoms with van der Waals surface area (Å²) in [5, 5.41) is 168. The Labute approximate surface area is 422 Å². The molecule has 0 radical (unpaired) electrons. The lowest BCUT2D eigenvalue weighted by Gasteiger charge is -2.43. The lowest BCUT2D eigenvalue weighted by Crippen LogP contribution is -2.62. The number of cyclic esters (lactones) is 1. The molecular formula is C47H32O30. The Bertz CT molecular complexity index is 3680. The van der Waals surface area contributed by atoms with Crippen LogP contribution in [-0.2, 0) is 28.5 Å².